The van der Waals surface area contributed by atoms with Gasteiger partial charge in [0.1, 0.15) is 36.8 Å². The highest BCUT2D eigenvalue weighted by Gasteiger charge is 2.52. The summed E-state index contributed by atoms with van der Waals surface area (Å²) in [6.07, 6.45) is -5.25. The van der Waals surface area contributed by atoms with Crippen molar-refractivity contribution in [2.45, 2.75) is 43.1 Å². The number of ether oxygens (including phenoxy) is 5. The van der Waals surface area contributed by atoms with Crippen molar-refractivity contribution >= 4 is 18.0 Å². The van der Waals surface area contributed by atoms with Crippen molar-refractivity contribution in [1.29, 1.82) is 0 Å². The SMILES string of the molecule is COC(=O)C1=COC(O[C@@H]2O[C@H](CO)[C@@H](O)[C@H](O)[C@H]2O)[C@@H]2C(COC(=O)/C=C/c3ccc(O)cc3)=C[C@H](O)[C@H]12. The molecular weight excluding hydrogens is 520 g/mol. The molecule has 9 atom stereocenters. The lowest BCUT2D eigenvalue weighted by atomic mass is 9.82. The molecule has 1 aromatic rings. The maximum atomic E-state index is 12.4. The summed E-state index contributed by atoms with van der Waals surface area (Å²) in [4.78, 5) is 24.7. The number of phenols is 1. The van der Waals surface area contributed by atoms with Crippen LogP contribution < -0.4 is 0 Å². The zero-order valence-electron chi connectivity index (χ0n) is 20.8. The van der Waals surface area contributed by atoms with Gasteiger partial charge in [-0.2, -0.15) is 0 Å². The summed E-state index contributed by atoms with van der Waals surface area (Å²) >= 11 is 0. The Labute approximate surface area is 222 Å². The zero-order valence-corrected chi connectivity index (χ0v) is 20.8. The lowest BCUT2D eigenvalue weighted by Crippen LogP contribution is -2.60. The van der Waals surface area contributed by atoms with Gasteiger partial charge in [0, 0.05) is 12.0 Å². The fourth-order valence-corrected chi connectivity index (χ4v) is 4.73. The third-order valence-electron chi connectivity index (χ3n) is 6.77. The first-order chi connectivity index (χ1) is 18.6. The van der Waals surface area contributed by atoms with Gasteiger partial charge in [0.2, 0.25) is 6.29 Å². The van der Waals surface area contributed by atoms with Crippen LogP contribution in [0.15, 0.2) is 53.8 Å². The normalized spacial score (nSPS) is 34.1. The third-order valence-corrected chi connectivity index (χ3v) is 6.77. The molecule has 0 aromatic heterocycles. The molecule has 13 heteroatoms. The van der Waals surface area contributed by atoms with E-state index < -0.39 is 73.5 Å². The minimum Gasteiger partial charge on any atom is -0.508 e. The second-order valence-corrected chi connectivity index (χ2v) is 9.22. The average molecular weight is 551 g/mol. The molecular formula is C26H30O13. The Morgan fingerprint density at radius 2 is 1.72 bits per heavy atom. The smallest absolute Gasteiger partial charge is 0.337 e. The topological polar surface area (TPSA) is 202 Å². The van der Waals surface area contributed by atoms with Crippen molar-refractivity contribution in [2.24, 2.45) is 11.8 Å². The number of carbonyl (C=O) groups excluding carboxylic acids is 2. The molecule has 1 saturated heterocycles. The summed E-state index contributed by atoms with van der Waals surface area (Å²) in [5.41, 5.74) is 0.971. The molecule has 2 heterocycles. The molecule has 1 aromatic carbocycles. The first-order valence-electron chi connectivity index (χ1n) is 12.1. The Balaban J connectivity index is 1.51. The number of hydrogen-bond acceptors (Lipinski definition) is 13. The van der Waals surface area contributed by atoms with Crippen LogP contribution in [0.3, 0.4) is 0 Å². The molecule has 0 amide bonds. The maximum absolute atomic E-state index is 12.4. The van der Waals surface area contributed by atoms with Crippen LogP contribution in [0.25, 0.3) is 6.08 Å². The van der Waals surface area contributed by atoms with Gasteiger partial charge in [0.15, 0.2) is 6.29 Å². The number of aliphatic hydroxyl groups is 5. The van der Waals surface area contributed by atoms with Crippen LogP contribution in [0.4, 0.5) is 0 Å². The summed E-state index contributed by atoms with van der Waals surface area (Å²) in [7, 11) is 1.16. The highest BCUT2D eigenvalue weighted by atomic mass is 16.8. The van der Waals surface area contributed by atoms with Gasteiger partial charge in [-0.1, -0.05) is 18.2 Å². The third kappa shape index (κ3) is 6.15. The van der Waals surface area contributed by atoms with Crippen LogP contribution in [0.5, 0.6) is 5.75 Å². The lowest BCUT2D eigenvalue weighted by molar-refractivity contribution is -0.340. The second-order valence-electron chi connectivity index (χ2n) is 9.22. The van der Waals surface area contributed by atoms with Gasteiger partial charge in [-0.15, -0.1) is 0 Å². The molecule has 0 spiro atoms. The number of rotatable bonds is 8. The van der Waals surface area contributed by atoms with Crippen molar-refractivity contribution < 1.29 is 63.9 Å². The Kier molecular flexibility index (Phi) is 9.02. The van der Waals surface area contributed by atoms with Gasteiger partial charge in [-0.05, 0) is 29.3 Å². The van der Waals surface area contributed by atoms with Crippen LogP contribution in [-0.4, -0.2) is 106 Å². The van der Waals surface area contributed by atoms with E-state index in [4.69, 9.17) is 23.7 Å². The molecule has 0 radical (unpaired) electrons. The van der Waals surface area contributed by atoms with E-state index in [-0.39, 0.29) is 17.9 Å². The fourth-order valence-electron chi connectivity index (χ4n) is 4.73. The van der Waals surface area contributed by atoms with Crippen LogP contribution >= 0.6 is 0 Å². The molecule has 0 saturated carbocycles. The molecule has 4 rings (SSSR count). The molecule has 212 valence electrons. The highest BCUT2D eigenvalue weighted by Crippen LogP contribution is 2.45. The number of benzene rings is 1. The predicted octanol–water partition coefficient (Wildman–Crippen LogP) is -1.29. The van der Waals surface area contributed by atoms with Crippen molar-refractivity contribution in [3.05, 3.63) is 59.4 Å². The van der Waals surface area contributed by atoms with E-state index in [0.717, 1.165) is 13.4 Å². The van der Waals surface area contributed by atoms with E-state index in [9.17, 15) is 40.2 Å². The first kappa shape index (κ1) is 28.7. The van der Waals surface area contributed by atoms with Crippen LogP contribution in [0.1, 0.15) is 5.56 Å². The van der Waals surface area contributed by atoms with Crippen molar-refractivity contribution in [2.75, 3.05) is 20.3 Å². The van der Waals surface area contributed by atoms with Crippen LogP contribution in [0.2, 0.25) is 0 Å². The largest absolute Gasteiger partial charge is 0.508 e. The number of phenolic OH excluding ortho intramolecular Hbond substituents is 1. The van der Waals surface area contributed by atoms with E-state index in [2.05, 4.69) is 0 Å². The molecule has 0 bridgehead atoms. The number of hydrogen-bond donors (Lipinski definition) is 6. The van der Waals surface area contributed by atoms with Gasteiger partial charge >= 0.3 is 11.9 Å². The van der Waals surface area contributed by atoms with Crippen molar-refractivity contribution in [3.8, 4) is 5.75 Å². The van der Waals surface area contributed by atoms with Crippen LogP contribution in [-0.2, 0) is 33.3 Å². The number of fused-ring (bicyclic) bond motifs is 1. The van der Waals surface area contributed by atoms with Gasteiger partial charge in [-0.3, -0.25) is 0 Å². The molecule has 39 heavy (non-hydrogen) atoms. The van der Waals surface area contributed by atoms with Gasteiger partial charge in [0.25, 0.3) is 0 Å². The number of aliphatic hydroxyl groups excluding tert-OH is 5. The summed E-state index contributed by atoms with van der Waals surface area (Å²) in [5, 5.41) is 60.1. The molecule has 6 N–H and O–H groups in total. The lowest BCUT2D eigenvalue weighted by Gasteiger charge is -2.43. The molecule has 13 nitrogen and oxygen atoms in total. The van der Waals surface area contributed by atoms with E-state index in [1.165, 1.54) is 30.4 Å². The minimum atomic E-state index is -1.72. The van der Waals surface area contributed by atoms with Gasteiger partial charge < -0.3 is 54.3 Å². The summed E-state index contributed by atoms with van der Waals surface area (Å²) < 4.78 is 26.9. The quantitative estimate of drug-likeness (QED) is 0.127. The number of aromatic hydroxyl groups is 1. The molecule has 2 aliphatic heterocycles. The Morgan fingerprint density at radius 1 is 1.00 bits per heavy atom. The van der Waals surface area contributed by atoms with Gasteiger partial charge in [0.05, 0.1) is 37.6 Å². The Morgan fingerprint density at radius 3 is 2.38 bits per heavy atom. The molecule has 1 unspecified atom stereocenters. The number of esters is 2. The Hall–Kier alpha value is -3.30. The monoisotopic (exact) mass is 550 g/mol. The van der Waals surface area contributed by atoms with E-state index >= 15 is 0 Å². The molecule has 3 aliphatic rings. The zero-order chi connectivity index (χ0) is 28.3. The van der Waals surface area contributed by atoms with Crippen molar-refractivity contribution in [3.63, 3.8) is 0 Å². The standard InChI is InChI=1S/C26H30O13/c1-35-24(34)15-11-37-25(39-26-23(33)22(32)21(31)17(9-27)38-26)19-13(8-16(29)20(15)19)10-36-18(30)7-4-12-2-5-14(28)6-3-12/h2-8,11,16-17,19-23,25-29,31-33H,9-10H2,1H3/b7-4+/t16-,17+,19+,20-,21+,22-,23+,25?,26-/m0/s1. The summed E-state index contributed by atoms with van der Waals surface area (Å²) in [6.45, 7) is -0.990. The predicted molar refractivity (Wildman–Crippen MR) is 129 cm³/mol. The van der Waals surface area contributed by atoms with Crippen LogP contribution in [0, 0.1) is 11.8 Å². The summed E-state index contributed by atoms with van der Waals surface area (Å²) in [5.74, 6) is -3.25. The Bertz CT molecular complexity index is 1130. The minimum absolute atomic E-state index is 0.00606. The number of methoxy groups -OCH3 is 1. The average Bonchev–Trinajstić information content (AvgIpc) is 3.27. The van der Waals surface area contributed by atoms with Gasteiger partial charge in [-0.25, -0.2) is 9.59 Å². The maximum Gasteiger partial charge on any atom is 0.337 e. The number of carbonyl (C=O) groups is 2. The first-order valence-corrected chi connectivity index (χ1v) is 12.1. The van der Waals surface area contributed by atoms with Crippen molar-refractivity contribution in [1.82, 2.24) is 0 Å². The second kappa shape index (κ2) is 12.3. The van der Waals surface area contributed by atoms with E-state index in [1.54, 1.807) is 12.1 Å². The molecule has 1 fully saturated rings. The fraction of sp³-hybridized carbons (Fsp3) is 0.462. The molecule has 1 aliphatic carbocycles. The van der Waals surface area contributed by atoms with E-state index in [1.807, 2.05) is 0 Å². The van der Waals surface area contributed by atoms with E-state index in [0.29, 0.717) is 11.1 Å². The summed E-state index contributed by atoms with van der Waals surface area (Å²) in [6, 6.07) is 6.11. The highest BCUT2D eigenvalue weighted by molar-refractivity contribution is 5.89.